The van der Waals surface area contributed by atoms with E-state index >= 15 is 0 Å². The van der Waals surface area contributed by atoms with Crippen LogP contribution in [0.25, 0.3) is 0 Å². The predicted octanol–water partition coefficient (Wildman–Crippen LogP) is 2.91. The van der Waals surface area contributed by atoms with Crippen molar-refractivity contribution < 1.29 is 9.13 Å². The molecule has 2 N–H and O–H groups in total. The maximum absolute atomic E-state index is 13.5. The van der Waals surface area contributed by atoms with Crippen LogP contribution in [0.5, 0.6) is 0 Å². The van der Waals surface area contributed by atoms with Gasteiger partial charge in [-0.25, -0.2) is 9.37 Å². The average Bonchev–Trinajstić information content (AvgIpc) is 2.42. The highest BCUT2D eigenvalue weighted by atomic mass is 19.1. The molecule has 5 nitrogen and oxygen atoms in total. The highest BCUT2D eigenvalue weighted by Crippen LogP contribution is 2.11. The van der Waals surface area contributed by atoms with Crippen LogP contribution < -0.4 is 10.6 Å². The molecule has 0 spiro atoms. The van der Waals surface area contributed by atoms with Crippen molar-refractivity contribution in [3.8, 4) is 0 Å². The highest BCUT2D eigenvalue weighted by Gasteiger charge is 2.05. The Morgan fingerprint density at radius 1 is 1.25 bits per heavy atom. The molecule has 0 unspecified atom stereocenters. The molecule has 6 heteroatoms. The van der Waals surface area contributed by atoms with Gasteiger partial charge in [0.2, 0.25) is 5.95 Å². The van der Waals surface area contributed by atoms with Gasteiger partial charge in [0, 0.05) is 19.7 Å². The fourth-order valence-corrected chi connectivity index (χ4v) is 1.48. The third-order valence-electron chi connectivity index (χ3n) is 2.66. The average molecular weight is 284 g/mol. The van der Waals surface area contributed by atoms with Gasteiger partial charge in [0.25, 0.3) is 0 Å². The summed E-state index contributed by atoms with van der Waals surface area (Å²) < 4.78 is 19.0. The van der Waals surface area contributed by atoms with Crippen LogP contribution in [-0.4, -0.2) is 36.3 Å². The lowest BCUT2D eigenvalue weighted by Gasteiger charge is -2.10. The zero-order valence-electron chi connectivity index (χ0n) is 12.6. The number of hydrogen-bond donors (Lipinski definition) is 2. The van der Waals surface area contributed by atoms with Crippen LogP contribution in [0, 0.1) is 11.7 Å². The summed E-state index contributed by atoms with van der Waals surface area (Å²) in [6.07, 6.45) is 3.17. The van der Waals surface area contributed by atoms with Crippen molar-refractivity contribution in [2.24, 2.45) is 5.92 Å². The molecule has 0 saturated heterocycles. The SMILES string of the molecule is CCCNc1ncc(F)c(NCCOCCC(C)C)n1. The third-order valence-corrected chi connectivity index (χ3v) is 2.66. The van der Waals surface area contributed by atoms with E-state index in [0.29, 0.717) is 25.0 Å². The van der Waals surface area contributed by atoms with E-state index in [0.717, 1.165) is 26.0 Å². The number of hydrogen-bond acceptors (Lipinski definition) is 5. The molecule has 0 saturated carbocycles. The van der Waals surface area contributed by atoms with E-state index in [1.54, 1.807) is 0 Å². The minimum atomic E-state index is -0.450. The molecule has 0 aliphatic carbocycles. The normalized spacial score (nSPS) is 10.8. The van der Waals surface area contributed by atoms with Crippen LogP contribution in [0.4, 0.5) is 16.2 Å². The van der Waals surface area contributed by atoms with Crippen LogP contribution >= 0.6 is 0 Å². The van der Waals surface area contributed by atoms with E-state index in [9.17, 15) is 4.39 Å². The molecule has 1 aromatic rings. The van der Waals surface area contributed by atoms with Gasteiger partial charge >= 0.3 is 0 Å². The Bertz CT molecular complexity index is 387. The summed E-state index contributed by atoms with van der Waals surface area (Å²) in [6, 6.07) is 0. The van der Waals surface area contributed by atoms with Crippen LogP contribution in [0.1, 0.15) is 33.6 Å². The molecular weight excluding hydrogens is 259 g/mol. The Labute approximate surface area is 120 Å². The van der Waals surface area contributed by atoms with Crippen molar-refractivity contribution in [2.45, 2.75) is 33.6 Å². The van der Waals surface area contributed by atoms with Gasteiger partial charge in [-0.15, -0.1) is 0 Å². The molecule has 0 atom stereocenters. The van der Waals surface area contributed by atoms with Crippen molar-refractivity contribution >= 4 is 11.8 Å². The summed E-state index contributed by atoms with van der Waals surface area (Å²) in [5, 5.41) is 5.95. The summed E-state index contributed by atoms with van der Waals surface area (Å²) in [7, 11) is 0. The molecule has 20 heavy (non-hydrogen) atoms. The van der Waals surface area contributed by atoms with Crippen molar-refractivity contribution in [1.82, 2.24) is 9.97 Å². The third kappa shape index (κ3) is 6.65. The van der Waals surface area contributed by atoms with Gasteiger partial charge in [-0.1, -0.05) is 20.8 Å². The number of rotatable bonds is 10. The maximum atomic E-state index is 13.5. The van der Waals surface area contributed by atoms with Gasteiger partial charge < -0.3 is 15.4 Å². The first kappa shape index (κ1) is 16.6. The van der Waals surface area contributed by atoms with Gasteiger partial charge in [-0.3, -0.25) is 0 Å². The number of anilines is 2. The second-order valence-corrected chi connectivity index (χ2v) is 5.04. The topological polar surface area (TPSA) is 59.1 Å². The van der Waals surface area contributed by atoms with Crippen LogP contribution in [0.15, 0.2) is 6.20 Å². The fourth-order valence-electron chi connectivity index (χ4n) is 1.48. The Balaban J connectivity index is 2.31. The minimum absolute atomic E-state index is 0.214. The molecule has 0 aliphatic heterocycles. The first-order valence-electron chi connectivity index (χ1n) is 7.21. The second kappa shape index (κ2) is 9.47. The Morgan fingerprint density at radius 2 is 2.05 bits per heavy atom. The molecule has 1 aromatic heterocycles. The van der Waals surface area contributed by atoms with E-state index in [1.165, 1.54) is 6.20 Å². The van der Waals surface area contributed by atoms with Crippen LogP contribution in [-0.2, 0) is 4.74 Å². The summed E-state index contributed by atoms with van der Waals surface area (Å²) >= 11 is 0. The minimum Gasteiger partial charge on any atom is -0.380 e. The van der Waals surface area contributed by atoms with Gasteiger partial charge in [0.15, 0.2) is 11.6 Å². The van der Waals surface area contributed by atoms with Gasteiger partial charge in [0.05, 0.1) is 12.8 Å². The first-order valence-corrected chi connectivity index (χ1v) is 7.21. The molecule has 0 aromatic carbocycles. The van der Waals surface area contributed by atoms with E-state index in [2.05, 4.69) is 34.4 Å². The smallest absolute Gasteiger partial charge is 0.224 e. The predicted molar refractivity (Wildman–Crippen MR) is 79.5 cm³/mol. The van der Waals surface area contributed by atoms with Crippen LogP contribution in [0.3, 0.4) is 0 Å². The quantitative estimate of drug-likeness (QED) is 0.647. The van der Waals surface area contributed by atoms with Gasteiger partial charge in [-0.05, 0) is 18.8 Å². The molecule has 0 fully saturated rings. The number of nitrogens with zero attached hydrogens (tertiary/aromatic N) is 2. The Hall–Kier alpha value is -1.43. The number of ether oxygens (including phenoxy) is 1. The van der Waals surface area contributed by atoms with E-state index in [4.69, 9.17) is 4.74 Å². The van der Waals surface area contributed by atoms with Crippen molar-refractivity contribution in [3.63, 3.8) is 0 Å². The zero-order chi connectivity index (χ0) is 14.8. The number of nitrogens with one attached hydrogen (secondary N) is 2. The summed E-state index contributed by atoms with van der Waals surface area (Å²) in [6.45, 7) is 8.92. The molecule has 0 amide bonds. The first-order chi connectivity index (χ1) is 9.63. The maximum Gasteiger partial charge on any atom is 0.224 e. The molecule has 114 valence electrons. The van der Waals surface area contributed by atoms with Crippen molar-refractivity contribution in [1.29, 1.82) is 0 Å². The molecule has 0 radical (unpaired) electrons. The molecule has 0 bridgehead atoms. The largest absolute Gasteiger partial charge is 0.380 e. The van der Waals surface area contributed by atoms with Crippen molar-refractivity contribution in [3.05, 3.63) is 12.0 Å². The molecule has 0 aliphatic rings. The number of halogens is 1. The lowest BCUT2D eigenvalue weighted by Crippen LogP contribution is -2.14. The molecular formula is C14H25FN4O. The number of aromatic nitrogens is 2. The second-order valence-electron chi connectivity index (χ2n) is 5.04. The fraction of sp³-hybridized carbons (Fsp3) is 0.714. The van der Waals surface area contributed by atoms with Gasteiger partial charge in [0.1, 0.15) is 0 Å². The monoisotopic (exact) mass is 284 g/mol. The molecule has 1 heterocycles. The standard InChI is InChI=1S/C14H25FN4O/c1-4-6-17-14-18-10-12(15)13(19-14)16-7-9-20-8-5-11(2)3/h10-11H,4-9H2,1-3H3,(H2,16,17,18,19). The van der Waals surface area contributed by atoms with E-state index in [-0.39, 0.29) is 5.82 Å². The Kier molecular flexibility index (Phi) is 7.87. The highest BCUT2D eigenvalue weighted by molar-refractivity contribution is 5.40. The lowest BCUT2D eigenvalue weighted by atomic mass is 10.1. The van der Waals surface area contributed by atoms with Crippen LogP contribution in [0.2, 0.25) is 0 Å². The summed E-state index contributed by atoms with van der Waals surface area (Å²) in [4.78, 5) is 7.98. The summed E-state index contributed by atoms with van der Waals surface area (Å²) in [5.41, 5.74) is 0. The Morgan fingerprint density at radius 3 is 2.75 bits per heavy atom. The van der Waals surface area contributed by atoms with E-state index < -0.39 is 5.82 Å². The molecule has 1 rings (SSSR count). The van der Waals surface area contributed by atoms with Gasteiger partial charge in [-0.2, -0.15) is 4.98 Å². The summed E-state index contributed by atoms with van der Waals surface area (Å²) in [5.74, 6) is 0.839. The lowest BCUT2D eigenvalue weighted by molar-refractivity contribution is 0.132. The van der Waals surface area contributed by atoms with E-state index in [1.807, 2.05) is 6.92 Å². The zero-order valence-corrected chi connectivity index (χ0v) is 12.6. The van der Waals surface area contributed by atoms with Crippen molar-refractivity contribution in [2.75, 3.05) is 36.9 Å².